The molecule has 2 N–H and O–H groups in total. The first-order valence-electron chi connectivity index (χ1n) is 15.3. The van der Waals surface area contributed by atoms with Crippen LogP contribution in [0, 0.1) is 40.4 Å². The number of aliphatic hydroxyl groups is 1. The Balaban J connectivity index is 1.35. The van der Waals surface area contributed by atoms with E-state index in [1.54, 1.807) is 11.8 Å². The van der Waals surface area contributed by atoms with Gasteiger partial charge in [-0.15, -0.1) is 11.8 Å². The highest BCUT2D eigenvalue weighted by Crippen LogP contribution is 2.68. The second-order valence-electron chi connectivity index (χ2n) is 14.0. The van der Waals surface area contributed by atoms with E-state index in [4.69, 9.17) is 16.3 Å². The highest BCUT2D eigenvalue weighted by Gasteiger charge is 2.68. The molecule has 1 aromatic rings. The van der Waals surface area contributed by atoms with Crippen LogP contribution in [0.5, 0.6) is 0 Å². The minimum Gasteiger partial charge on any atom is -0.445 e. The van der Waals surface area contributed by atoms with Gasteiger partial charge >= 0.3 is 6.09 Å². The van der Waals surface area contributed by atoms with E-state index in [0.29, 0.717) is 24.4 Å². The van der Waals surface area contributed by atoms with Crippen LogP contribution in [0.25, 0.3) is 0 Å². The first-order valence-corrected chi connectivity index (χ1v) is 16.5. The third kappa shape index (κ3) is 4.76. The molecule has 3 saturated carbocycles. The highest BCUT2D eigenvalue weighted by atomic mass is 35.5. The maximum absolute atomic E-state index is 13.7. The number of hydrogen-bond acceptors (Lipinski definition) is 7. The molecule has 0 spiro atoms. The largest absolute Gasteiger partial charge is 0.445 e. The Morgan fingerprint density at radius 1 is 1.12 bits per heavy atom. The SMILES string of the molecule is CC1[C@H](O)[C@](C)(Sc2ccc(Cl)cc2)C[C@@H](OC(=O)NC(=O)[C@H]2CN3CC[C@@H]2C3)[C@]2(C)[C@H](C)CCC13CCC(=O)[C@@H]32. The number of ether oxygens (including phenoxy) is 1. The number of hydrogen-bond donors (Lipinski definition) is 2. The number of benzene rings is 1. The molecule has 3 unspecified atom stereocenters. The summed E-state index contributed by atoms with van der Waals surface area (Å²) in [4.78, 5) is 43.6. The quantitative estimate of drug-likeness (QED) is 0.465. The molecule has 224 valence electrons. The first kappa shape index (κ1) is 29.5. The number of piperidine rings is 1. The Bertz CT molecular complexity index is 1230. The lowest BCUT2D eigenvalue weighted by Crippen LogP contribution is -2.64. The van der Waals surface area contributed by atoms with Crippen LogP contribution < -0.4 is 5.32 Å². The lowest BCUT2D eigenvalue weighted by atomic mass is 9.45. The van der Waals surface area contributed by atoms with Crippen molar-refractivity contribution < 1.29 is 24.2 Å². The molecule has 2 saturated heterocycles. The summed E-state index contributed by atoms with van der Waals surface area (Å²) in [6, 6.07) is 7.58. The second-order valence-corrected chi connectivity index (χ2v) is 16.1. The molecule has 5 fully saturated rings. The van der Waals surface area contributed by atoms with Crippen LogP contribution >= 0.6 is 23.4 Å². The third-order valence-corrected chi connectivity index (χ3v) is 13.7. The summed E-state index contributed by atoms with van der Waals surface area (Å²) in [5.74, 6) is -0.258. The molecule has 6 rings (SSSR count). The minimum absolute atomic E-state index is 0.111. The Hall–Kier alpha value is -1.61. The maximum Gasteiger partial charge on any atom is 0.414 e. The number of nitrogens with one attached hydrogen (secondary N) is 1. The normalized spacial score (nSPS) is 45.1. The third-order valence-electron chi connectivity index (χ3n) is 12.1. The molecule has 2 amide bonds. The lowest BCUT2D eigenvalue weighted by Gasteiger charge is -2.61. The molecule has 1 aromatic carbocycles. The summed E-state index contributed by atoms with van der Waals surface area (Å²) in [5.41, 5.74) is -0.980. The number of Topliss-reactive ketones (excluding diaryl/α,β-unsaturated/α-hetero) is 1. The highest BCUT2D eigenvalue weighted by molar-refractivity contribution is 8.00. The number of carbonyl (C=O) groups excluding carboxylic acids is 3. The minimum atomic E-state index is -0.742. The number of amides is 2. The standard InChI is InChI=1S/C32H43ClN2O5S/c1-18-9-12-32-13-10-24(36)26(32)31(18,4)25(40-29(39)34-28(38)23-17-35-14-11-20(23)16-35)15-30(3,27(37)19(32)2)41-22-7-5-21(33)6-8-22/h5-8,18-20,23,25-27,37H,9-17H2,1-4H3,(H,34,38,39)/t18-,19?,20-,23+,25-,26-,27+,30-,31+,32?/m1/s1. The van der Waals surface area contributed by atoms with E-state index < -0.39 is 28.5 Å². The van der Waals surface area contributed by atoms with Crippen molar-refractivity contribution in [1.29, 1.82) is 0 Å². The predicted molar refractivity (Wildman–Crippen MR) is 159 cm³/mol. The van der Waals surface area contributed by atoms with Crippen LogP contribution in [0.3, 0.4) is 0 Å². The number of halogens is 1. The summed E-state index contributed by atoms with van der Waals surface area (Å²) in [6.45, 7) is 11.1. The van der Waals surface area contributed by atoms with E-state index in [0.717, 1.165) is 43.7 Å². The van der Waals surface area contributed by atoms with Gasteiger partial charge in [0.15, 0.2) is 0 Å². The molecule has 5 aliphatic rings. The van der Waals surface area contributed by atoms with Crippen molar-refractivity contribution in [3.63, 3.8) is 0 Å². The van der Waals surface area contributed by atoms with Crippen molar-refractivity contribution in [2.45, 2.75) is 88.1 Å². The summed E-state index contributed by atoms with van der Waals surface area (Å²) in [6.07, 6.45) is 2.20. The number of aliphatic hydroxyl groups excluding tert-OH is 1. The van der Waals surface area contributed by atoms with Gasteiger partial charge < -0.3 is 14.7 Å². The van der Waals surface area contributed by atoms with E-state index in [2.05, 4.69) is 31.0 Å². The lowest BCUT2D eigenvalue weighted by molar-refractivity contribution is -0.179. The maximum atomic E-state index is 13.7. The summed E-state index contributed by atoms with van der Waals surface area (Å²) in [5, 5.41) is 15.4. The Labute approximate surface area is 252 Å². The molecular formula is C32H43ClN2O5S. The Morgan fingerprint density at radius 3 is 2.51 bits per heavy atom. The van der Waals surface area contributed by atoms with Gasteiger partial charge in [0.05, 0.1) is 12.0 Å². The van der Waals surface area contributed by atoms with Crippen LogP contribution in [0.2, 0.25) is 5.02 Å². The van der Waals surface area contributed by atoms with E-state index in [9.17, 15) is 19.5 Å². The van der Waals surface area contributed by atoms with Crippen molar-refractivity contribution in [2.24, 2.45) is 40.4 Å². The summed E-state index contributed by atoms with van der Waals surface area (Å²) < 4.78 is 5.58. The van der Waals surface area contributed by atoms with Gasteiger partial charge in [0.1, 0.15) is 11.9 Å². The molecule has 0 radical (unpaired) electrons. The molecule has 41 heavy (non-hydrogen) atoms. The van der Waals surface area contributed by atoms with Crippen molar-refractivity contribution in [3.8, 4) is 0 Å². The van der Waals surface area contributed by atoms with E-state index in [1.165, 1.54) is 0 Å². The van der Waals surface area contributed by atoms with Crippen molar-refractivity contribution in [2.75, 3.05) is 19.6 Å². The van der Waals surface area contributed by atoms with Gasteiger partial charge in [0.25, 0.3) is 0 Å². The fourth-order valence-corrected chi connectivity index (χ4v) is 11.0. The van der Waals surface area contributed by atoms with Gasteiger partial charge in [0, 0.05) is 51.9 Å². The van der Waals surface area contributed by atoms with Crippen LogP contribution in [-0.4, -0.2) is 64.4 Å². The number of imide groups is 1. The predicted octanol–water partition coefficient (Wildman–Crippen LogP) is 5.57. The Morgan fingerprint density at radius 2 is 1.85 bits per heavy atom. The number of ketones is 1. The van der Waals surface area contributed by atoms with E-state index >= 15 is 0 Å². The number of alkyl carbamates (subject to hydrolysis) is 1. The molecule has 3 aliphatic carbocycles. The van der Waals surface area contributed by atoms with Gasteiger partial charge in [-0.3, -0.25) is 14.9 Å². The molecule has 9 heteroatoms. The number of nitrogens with zero attached hydrogens (tertiary/aromatic N) is 1. The summed E-state index contributed by atoms with van der Waals surface area (Å²) in [7, 11) is 0. The monoisotopic (exact) mass is 602 g/mol. The van der Waals surface area contributed by atoms with Crippen LogP contribution in [-0.2, 0) is 14.3 Å². The Kier molecular flexibility index (Phi) is 7.57. The first-order chi connectivity index (χ1) is 19.4. The fourth-order valence-electron chi connectivity index (χ4n) is 9.53. The molecule has 2 heterocycles. The van der Waals surface area contributed by atoms with E-state index in [1.807, 2.05) is 31.2 Å². The molecular weight excluding hydrogens is 560 g/mol. The molecule has 7 nitrogen and oxygen atoms in total. The zero-order valence-electron chi connectivity index (χ0n) is 24.5. The number of carbonyl (C=O) groups is 3. The average Bonchev–Trinajstić information content (AvgIpc) is 3.66. The van der Waals surface area contributed by atoms with Crippen LogP contribution in [0.4, 0.5) is 4.79 Å². The van der Waals surface area contributed by atoms with Gasteiger partial charge in [-0.05, 0) is 86.6 Å². The smallest absolute Gasteiger partial charge is 0.414 e. The number of fused-ring (bicyclic) bond motifs is 2. The van der Waals surface area contributed by atoms with Crippen molar-refractivity contribution in [1.82, 2.24) is 10.2 Å². The topological polar surface area (TPSA) is 95.9 Å². The van der Waals surface area contributed by atoms with Gasteiger partial charge in [-0.1, -0.05) is 32.4 Å². The van der Waals surface area contributed by atoms with Crippen molar-refractivity contribution >= 4 is 41.1 Å². The van der Waals surface area contributed by atoms with E-state index in [-0.39, 0.29) is 46.7 Å². The number of thioether (sulfide) groups is 1. The average molecular weight is 603 g/mol. The second kappa shape index (κ2) is 10.5. The molecule has 4 bridgehead atoms. The number of rotatable bonds is 4. The van der Waals surface area contributed by atoms with Gasteiger partial charge in [-0.25, -0.2) is 4.79 Å². The van der Waals surface area contributed by atoms with Gasteiger partial charge in [-0.2, -0.15) is 0 Å². The van der Waals surface area contributed by atoms with Gasteiger partial charge in [0.2, 0.25) is 5.91 Å². The zero-order valence-corrected chi connectivity index (χ0v) is 26.1. The molecule has 11 atom stereocenters. The zero-order chi connectivity index (χ0) is 29.3. The molecule has 0 aromatic heterocycles. The molecule has 2 aliphatic heterocycles. The van der Waals surface area contributed by atoms with Crippen LogP contribution in [0.15, 0.2) is 29.2 Å². The summed E-state index contributed by atoms with van der Waals surface area (Å²) >= 11 is 7.74. The van der Waals surface area contributed by atoms with Crippen molar-refractivity contribution in [3.05, 3.63) is 29.3 Å². The van der Waals surface area contributed by atoms with Crippen LogP contribution in [0.1, 0.15) is 66.2 Å². The fraction of sp³-hybridized carbons (Fsp3) is 0.719.